The molecule has 6 aromatic rings. The Morgan fingerprint density at radius 1 is 0.446 bits per heavy atom. The fraction of sp³-hybridized carbons (Fsp3) is 0.418. The Morgan fingerprint density at radius 3 is 0.871 bits per heavy atom. The second-order valence-electron chi connectivity index (χ2n) is 24.1. The van der Waals surface area contributed by atoms with Crippen molar-refractivity contribution in [1.82, 2.24) is 29.9 Å². The molecule has 0 aliphatic carbocycles. The minimum Gasteiger partial charge on any atom is -0.550 e. The molecule has 0 spiro atoms. The van der Waals surface area contributed by atoms with Gasteiger partial charge in [0.2, 0.25) is 47.9 Å². The zero-order valence-electron chi connectivity index (χ0n) is 58.0. The number of carboxylic acids is 2. The zero-order chi connectivity index (χ0) is 75.5. The predicted molar refractivity (Wildman–Crippen MR) is 373 cm³/mol. The molecule has 27 nitrogen and oxygen atoms in total. The number of ether oxygens (including phenoxy) is 1. The summed E-state index contributed by atoms with van der Waals surface area (Å²) in [4.78, 5) is 59.1. The van der Waals surface area contributed by atoms with E-state index in [-0.39, 0.29) is 99.0 Å². The maximum absolute atomic E-state index is 13.5. The first kappa shape index (κ1) is 87.8. The van der Waals surface area contributed by atoms with Gasteiger partial charge < -0.3 is 55.2 Å². The number of carbonyl (C=O) groups is 3. The van der Waals surface area contributed by atoms with Crippen LogP contribution in [0.15, 0.2) is 91.0 Å². The van der Waals surface area contributed by atoms with E-state index < -0.39 is 115 Å². The van der Waals surface area contributed by atoms with E-state index in [1.165, 1.54) is 131 Å². The third kappa shape index (κ3) is 27.7. The number of halogens is 3. The molecule has 3 aromatic heterocycles. The van der Waals surface area contributed by atoms with E-state index in [1.54, 1.807) is 6.08 Å². The third-order valence-corrected chi connectivity index (χ3v) is 18.1. The van der Waals surface area contributed by atoms with Crippen molar-refractivity contribution in [1.29, 1.82) is 0 Å². The molecule has 6 N–H and O–H groups in total. The summed E-state index contributed by atoms with van der Waals surface area (Å²) in [6.45, 7) is 11.1. The molecule has 3 heterocycles. The first-order valence-electron chi connectivity index (χ1n) is 30.9. The molecule has 0 fully saturated rings. The van der Waals surface area contributed by atoms with Crippen molar-refractivity contribution in [3.8, 4) is 33.8 Å². The average molecular weight is 1500 g/mol. The van der Waals surface area contributed by atoms with Crippen LogP contribution in [0, 0.1) is 17.5 Å². The molecule has 34 heteroatoms. The Morgan fingerprint density at radius 2 is 0.673 bits per heavy atom. The number of aromatic nitrogens is 6. The first-order valence-corrected chi connectivity index (χ1v) is 36.4. The van der Waals surface area contributed by atoms with E-state index in [2.05, 4.69) is 34.6 Å². The molecule has 3 aromatic carbocycles. The normalized spacial score (nSPS) is 13.8. The minimum absolute atomic E-state index is 0. The van der Waals surface area contributed by atoms with Gasteiger partial charge in [-0.05, 0) is 90.6 Å². The van der Waals surface area contributed by atoms with Gasteiger partial charge >= 0.3 is 43.7 Å². The van der Waals surface area contributed by atoms with E-state index in [4.69, 9.17) is 0 Å². The first-order chi connectivity index (χ1) is 46.4. The average Bonchev–Trinajstić information content (AvgIpc) is 0.795. The summed E-state index contributed by atoms with van der Waals surface area (Å²) in [7, 11) is -5.77. The summed E-state index contributed by atoms with van der Waals surface area (Å²) in [6, 6.07) is 16.5. The van der Waals surface area contributed by atoms with Crippen molar-refractivity contribution in [2.75, 3.05) is 59.9 Å². The number of carbonyl (C=O) groups excluding carboxylic acids is 3. The Bertz CT molecular complexity index is 4060. The number of nitrogens with zero attached hydrogens (tertiary/aromatic N) is 9. The number of sulfonamides is 3. The Hall–Kier alpha value is -7.41. The van der Waals surface area contributed by atoms with Crippen molar-refractivity contribution in [3.63, 3.8) is 0 Å². The summed E-state index contributed by atoms with van der Waals surface area (Å²) in [5.41, 5.74) is 5.41. The molecule has 0 aliphatic heterocycles. The van der Waals surface area contributed by atoms with E-state index in [0.717, 1.165) is 31.7 Å². The van der Waals surface area contributed by atoms with Crippen molar-refractivity contribution in [3.05, 3.63) is 142 Å². The van der Waals surface area contributed by atoms with Crippen LogP contribution >= 0.6 is 0 Å². The molecule has 0 radical (unpaired) electrons. The Kier molecular flexibility index (Phi) is 34.2. The van der Waals surface area contributed by atoms with Gasteiger partial charge in [-0.25, -0.2) is 81.2 Å². The number of carboxylic acid groups (broad SMARTS) is 2. The maximum Gasteiger partial charge on any atom is 2.00 e. The molecule has 6 rings (SSSR count). The second kappa shape index (κ2) is 39.3. The molecular weight excluding hydrogens is 1410 g/mol. The van der Waals surface area contributed by atoms with E-state index in [1.807, 2.05) is 41.5 Å². The Balaban J connectivity index is 0.000000392. The summed E-state index contributed by atoms with van der Waals surface area (Å²) >= 11 is 0. The summed E-state index contributed by atoms with van der Waals surface area (Å²) in [5.74, 6) is -5.52. The second-order valence-corrected chi connectivity index (χ2v) is 30.1. The summed E-state index contributed by atoms with van der Waals surface area (Å²) in [6.07, 6.45) is 2.63. The minimum atomic E-state index is -3.66. The predicted octanol–water partition coefficient (Wildman–Crippen LogP) is 4.24. The number of aliphatic hydroxyl groups is 6. The zero-order valence-corrected chi connectivity index (χ0v) is 62.7. The van der Waals surface area contributed by atoms with Gasteiger partial charge in [-0.2, -0.15) is 0 Å². The number of hydrogen-bond acceptors (Lipinski definition) is 24. The van der Waals surface area contributed by atoms with Crippen molar-refractivity contribution < 1.29 is 98.4 Å². The molecule has 546 valence electrons. The van der Waals surface area contributed by atoms with Crippen LogP contribution in [0.4, 0.5) is 31.0 Å². The molecule has 0 unspecified atom stereocenters. The van der Waals surface area contributed by atoms with Crippen LogP contribution in [0.3, 0.4) is 0 Å². The van der Waals surface area contributed by atoms with Crippen molar-refractivity contribution >= 4 is 122 Å². The van der Waals surface area contributed by atoms with Crippen LogP contribution in [0.25, 0.3) is 52.0 Å². The number of methoxy groups -OCH3 is 1. The number of hydrogen-bond donors (Lipinski definition) is 6. The van der Waals surface area contributed by atoms with Crippen LogP contribution in [0.2, 0.25) is 0 Å². The molecule has 0 saturated heterocycles. The number of anilines is 3. The fourth-order valence-corrected chi connectivity index (χ4v) is 10.3. The summed E-state index contributed by atoms with van der Waals surface area (Å²) < 4.78 is 120. The van der Waals surface area contributed by atoms with Crippen LogP contribution in [-0.4, -0.2) is 225 Å². The van der Waals surface area contributed by atoms with Gasteiger partial charge in [-0.1, -0.05) is 78.0 Å². The number of aliphatic hydroxyl groups excluding tert-OH is 6. The van der Waals surface area contributed by atoms with Gasteiger partial charge in [0.05, 0.1) is 103 Å². The molecule has 0 bridgehead atoms. The van der Waals surface area contributed by atoms with E-state index in [9.17, 15) is 93.7 Å². The van der Waals surface area contributed by atoms with Crippen LogP contribution in [0.5, 0.6) is 0 Å². The van der Waals surface area contributed by atoms with Gasteiger partial charge in [0, 0.05) is 98.6 Å². The number of rotatable bonds is 30. The standard InChI is InChI=1S/C23H30FN3O6S.2C22H28FN3O6S.Ca/c1-14(2)21-19(11-10-17(28)12-18(29)13-20(30)33-4)22(15-6-8-16(24)9-7-15)26-23(25-21)27(3)34(5,31)32;2*1-13(2)20-18(10-9-16(27)11-17(28)12-19(29)30)21(14-5-7-15(23)8-6-14)25-22(24-20)26(3)33(4,31)32;/h6-11,14,17-18,28-29H,12-13H2,1-5H3;2*5-10,13,16-17,27-28H,11-12H2,1-4H3,(H,29,30);/q;;;+2/p-2/b11-10+;2*10-9+;/t17-,18-;2*16-,17-;/m111./s1. The SMILES string of the molecule is CC(C)c1nc(N(C)S(C)(=O)=O)nc(-c2ccc(F)cc2)c1/C=C/[C@@H](O)C[C@@H](O)CC(=O)[O-].CC(C)c1nc(N(C)S(C)(=O)=O)nc(-c2ccc(F)cc2)c1/C=C/[C@@H](O)C[C@@H](O)CC(=O)[O-].COC(=O)C[C@H](O)C[C@H](O)/C=C/c1c(-c2ccc(F)cc2)nc(N(C)S(C)(=O)=O)nc1C(C)C.[Ca+2]. The number of esters is 1. The topological polar surface area (TPSA) is 417 Å². The smallest absolute Gasteiger partial charge is 0.550 e. The summed E-state index contributed by atoms with van der Waals surface area (Å²) in [5, 5.41) is 81.5. The molecule has 0 amide bonds. The van der Waals surface area contributed by atoms with Gasteiger partial charge in [-0.3, -0.25) is 4.79 Å². The molecular formula is C67H84CaF3N9O18S3. The largest absolute Gasteiger partial charge is 2.00 e. The van der Waals surface area contributed by atoms with E-state index >= 15 is 0 Å². The molecule has 6 atom stereocenters. The van der Waals surface area contributed by atoms with Crippen LogP contribution < -0.4 is 23.1 Å². The Labute approximate surface area is 616 Å². The molecule has 101 heavy (non-hydrogen) atoms. The molecule has 0 saturated carbocycles. The monoisotopic (exact) mass is 1500 g/mol. The van der Waals surface area contributed by atoms with Gasteiger partial charge in [0.15, 0.2) is 0 Å². The molecule has 0 aliphatic rings. The van der Waals surface area contributed by atoms with Crippen LogP contribution in [0.1, 0.15) is 132 Å². The van der Waals surface area contributed by atoms with Gasteiger partial charge in [0.1, 0.15) is 17.5 Å². The third-order valence-electron chi connectivity index (χ3n) is 14.7. The van der Waals surface area contributed by atoms with Crippen LogP contribution in [-0.2, 0) is 49.2 Å². The van der Waals surface area contributed by atoms with Crippen molar-refractivity contribution in [2.45, 2.75) is 134 Å². The van der Waals surface area contributed by atoms with E-state index in [0.29, 0.717) is 67.5 Å². The van der Waals surface area contributed by atoms with Gasteiger partial charge in [0.25, 0.3) is 0 Å². The number of benzene rings is 3. The van der Waals surface area contributed by atoms with Crippen molar-refractivity contribution in [2.24, 2.45) is 0 Å². The number of aliphatic carboxylic acids is 2. The quantitative estimate of drug-likeness (QED) is 0.0271. The maximum atomic E-state index is 13.5. The van der Waals surface area contributed by atoms with Gasteiger partial charge in [-0.15, -0.1) is 0 Å². The fourth-order valence-electron chi connectivity index (χ4n) is 9.19.